The van der Waals surface area contributed by atoms with Crippen LogP contribution in [0.3, 0.4) is 0 Å². The SMILES string of the molecule is CC(C)c1cc(-c2cccc(-c3cc(F)cc(F)c3)c2N2[CH-]N(c3[c-]c(Oc4[c-]c5c(cc4)c4ccccc4n5-c4cc(C(C)(C)C)ccn4)cc(-c4ccccc4C(C)C)c3)c3ccccc32)cc(C(C)C)c1.[Pt]. The van der Waals surface area contributed by atoms with Gasteiger partial charge >= 0.3 is 0 Å². The Labute approximate surface area is 454 Å². The smallest absolute Gasteiger partial charge is 0.135 e. The summed E-state index contributed by atoms with van der Waals surface area (Å²) in [5, 5.41) is 2.14. The molecule has 75 heavy (non-hydrogen) atoms. The number of hydrogen-bond donors (Lipinski definition) is 0. The van der Waals surface area contributed by atoms with Crippen molar-refractivity contribution in [2.45, 2.75) is 85.5 Å². The number of para-hydroxylation sites is 4. The maximum absolute atomic E-state index is 15.3. The summed E-state index contributed by atoms with van der Waals surface area (Å²) in [5.74, 6) is 1.36. The van der Waals surface area contributed by atoms with Gasteiger partial charge in [0.25, 0.3) is 0 Å². The number of halogens is 2. The molecule has 0 bridgehead atoms. The van der Waals surface area contributed by atoms with Gasteiger partial charge in [-0.3, -0.25) is 0 Å². The first kappa shape index (κ1) is 51.2. The van der Waals surface area contributed by atoms with Crippen LogP contribution in [-0.4, -0.2) is 9.55 Å². The molecule has 0 unspecified atom stereocenters. The zero-order valence-electron chi connectivity index (χ0n) is 43.7. The molecule has 11 rings (SSSR count). The molecule has 0 saturated carbocycles. The van der Waals surface area contributed by atoms with E-state index in [1.54, 1.807) is 0 Å². The average molecular weight is 1170 g/mol. The van der Waals surface area contributed by atoms with Gasteiger partial charge in [-0.25, -0.2) is 13.8 Å². The summed E-state index contributed by atoms with van der Waals surface area (Å²) in [4.78, 5) is 9.20. The Balaban J connectivity index is 0.00000641. The van der Waals surface area contributed by atoms with Gasteiger partial charge in [-0.2, -0.15) is 6.07 Å². The van der Waals surface area contributed by atoms with E-state index < -0.39 is 11.6 Å². The molecule has 0 radical (unpaired) electrons. The monoisotopic (exact) mass is 1170 g/mol. The summed E-state index contributed by atoms with van der Waals surface area (Å²) in [7, 11) is 0. The van der Waals surface area contributed by atoms with Crippen LogP contribution in [-0.2, 0) is 26.5 Å². The molecule has 0 spiro atoms. The van der Waals surface area contributed by atoms with Crippen molar-refractivity contribution < 1.29 is 34.6 Å². The molecule has 8 aromatic carbocycles. The number of pyridine rings is 1. The number of benzene rings is 8. The number of fused-ring (bicyclic) bond motifs is 4. The second-order valence-electron chi connectivity index (χ2n) is 21.5. The number of hydrogen-bond acceptors (Lipinski definition) is 4. The summed E-state index contributed by atoms with van der Waals surface area (Å²) >= 11 is 0. The van der Waals surface area contributed by atoms with Crippen molar-refractivity contribution in [3.8, 4) is 50.7 Å². The number of ether oxygens (including phenoxy) is 1. The van der Waals surface area contributed by atoms with E-state index in [0.29, 0.717) is 22.6 Å². The first-order valence-corrected chi connectivity index (χ1v) is 25.6. The van der Waals surface area contributed by atoms with E-state index in [1.165, 1.54) is 34.4 Å². The molecular formula is C67H59F2N4OPt-3. The van der Waals surface area contributed by atoms with Crippen LogP contribution in [0.5, 0.6) is 11.5 Å². The summed E-state index contributed by atoms with van der Waals surface area (Å²) in [6.07, 6.45) is 1.89. The van der Waals surface area contributed by atoms with Crippen LogP contribution < -0.4 is 14.5 Å². The van der Waals surface area contributed by atoms with Crippen LogP contribution in [0.2, 0.25) is 0 Å². The van der Waals surface area contributed by atoms with E-state index in [1.807, 2.05) is 36.5 Å². The first-order valence-electron chi connectivity index (χ1n) is 25.6. The predicted molar refractivity (Wildman–Crippen MR) is 301 cm³/mol. The fourth-order valence-electron chi connectivity index (χ4n) is 10.4. The standard InChI is InChI=1S/C67H59F2N4O.Pt/c1-41(2)44-29-45(42(3)4)31-46(30-44)57-20-16-21-58(47-32-50(68)37-51(69)33-47)66(57)72-40-71(62-23-14-15-24-63(62)72)52-34-48(56-18-11-10-17-55(56)43(5)6)35-54(38-52)74-53-25-26-60-59-19-12-13-22-61(59)73(64(60)39-53)65-36-49(27-28-70-65)67(7,8)9;/h10-37,40-43H,1-9H3;/q-3;. The number of aromatic nitrogens is 2. The van der Waals surface area contributed by atoms with Crippen LogP contribution in [0.25, 0.3) is 61.0 Å². The van der Waals surface area contributed by atoms with Gasteiger partial charge in [0.1, 0.15) is 17.5 Å². The summed E-state index contributed by atoms with van der Waals surface area (Å²) < 4.78 is 39.7. The van der Waals surface area contributed by atoms with Gasteiger partial charge in [-0.1, -0.05) is 159 Å². The van der Waals surface area contributed by atoms with E-state index in [4.69, 9.17) is 9.72 Å². The van der Waals surface area contributed by atoms with Crippen LogP contribution in [0.4, 0.5) is 31.5 Å². The molecule has 0 N–H and O–H groups in total. The normalized spacial score (nSPS) is 12.6. The molecule has 0 aliphatic carbocycles. The number of anilines is 4. The molecule has 380 valence electrons. The minimum Gasteiger partial charge on any atom is -0.509 e. The van der Waals surface area contributed by atoms with Gasteiger partial charge in [0.05, 0.1) is 0 Å². The van der Waals surface area contributed by atoms with Gasteiger partial charge in [0.2, 0.25) is 0 Å². The van der Waals surface area contributed by atoms with Crippen molar-refractivity contribution in [3.05, 3.63) is 223 Å². The largest absolute Gasteiger partial charge is 0.509 e. The van der Waals surface area contributed by atoms with Crippen molar-refractivity contribution in [1.82, 2.24) is 9.55 Å². The first-order chi connectivity index (χ1) is 35.6. The van der Waals surface area contributed by atoms with Crippen molar-refractivity contribution >= 4 is 44.6 Å². The van der Waals surface area contributed by atoms with Crippen LogP contribution in [0.15, 0.2) is 170 Å². The Morgan fingerprint density at radius 1 is 0.547 bits per heavy atom. The zero-order chi connectivity index (χ0) is 51.6. The minimum absolute atomic E-state index is 0. The van der Waals surface area contributed by atoms with Gasteiger partial charge in [-0.05, 0) is 110 Å². The van der Waals surface area contributed by atoms with Gasteiger partial charge in [-0.15, -0.1) is 53.6 Å². The third kappa shape index (κ3) is 9.80. The van der Waals surface area contributed by atoms with Crippen molar-refractivity contribution in [2.75, 3.05) is 9.80 Å². The van der Waals surface area contributed by atoms with E-state index in [9.17, 15) is 0 Å². The Hall–Kier alpha value is -7.34. The Kier molecular flexibility index (Phi) is 13.9. The third-order valence-corrected chi connectivity index (χ3v) is 14.3. The van der Waals surface area contributed by atoms with E-state index >= 15 is 8.78 Å². The van der Waals surface area contributed by atoms with Crippen molar-refractivity contribution in [2.24, 2.45) is 0 Å². The minimum atomic E-state index is -0.641. The molecule has 1 aliphatic heterocycles. The zero-order valence-corrected chi connectivity index (χ0v) is 46.0. The Morgan fingerprint density at radius 3 is 1.84 bits per heavy atom. The van der Waals surface area contributed by atoms with E-state index in [2.05, 4.69) is 211 Å². The molecule has 3 heterocycles. The maximum atomic E-state index is 15.3. The summed E-state index contributed by atoms with van der Waals surface area (Å²) in [6.45, 7) is 22.0. The van der Waals surface area contributed by atoms with Gasteiger partial charge in [0, 0.05) is 78.5 Å². The fraction of sp³-hybridized carbons (Fsp3) is 0.194. The molecule has 0 saturated heterocycles. The second kappa shape index (κ2) is 20.4. The quantitative estimate of drug-likeness (QED) is 0.121. The van der Waals surface area contributed by atoms with Gasteiger partial charge in [0.15, 0.2) is 0 Å². The third-order valence-electron chi connectivity index (χ3n) is 14.3. The van der Waals surface area contributed by atoms with Crippen LogP contribution >= 0.6 is 0 Å². The van der Waals surface area contributed by atoms with Crippen LogP contribution in [0, 0.1) is 30.4 Å². The molecule has 0 amide bonds. The fourth-order valence-corrected chi connectivity index (χ4v) is 10.4. The van der Waals surface area contributed by atoms with Crippen molar-refractivity contribution in [1.29, 1.82) is 0 Å². The number of nitrogens with zero attached hydrogens (tertiary/aromatic N) is 4. The maximum Gasteiger partial charge on any atom is 0.135 e. The summed E-state index contributed by atoms with van der Waals surface area (Å²) in [5.41, 5.74) is 15.1. The van der Waals surface area contributed by atoms with Crippen LogP contribution in [0.1, 0.15) is 102 Å². The Bertz CT molecular complexity index is 3730. The second-order valence-corrected chi connectivity index (χ2v) is 21.5. The van der Waals surface area contributed by atoms with Gasteiger partial charge < -0.3 is 19.1 Å². The van der Waals surface area contributed by atoms with Crippen molar-refractivity contribution in [3.63, 3.8) is 0 Å². The predicted octanol–water partition coefficient (Wildman–Crippen LogP) is 18.9. The molecule has 0 fully saturated rings. The molecule has 5 nitrogen and oxygen atoms in total. The molecule has 0 atom stereocenters. The average Bonchev–Trinajstić information content (AvgIpc) is 3.95. The Morgan fingerprint density at radius 2 is 1.16 bits per heavy atom. The van der Waals surface area contributed by atoms with E-state index in [0.717, 1.165) is 78.7 Å². The molecule has 8 heteroatoms. The number of rotatable bonds is 11. The molecule has 10 aromatic rings. The molecular weight excluding hydrogens is 1110 g/mol. The molecule has 1 aliphatic rings. The topological polar surface area (TPSA) is 33.5 Å². The van der Waals surface area contributed by atoms with E-state index in [-0.39, 0.29) is 44.2 Å². The molecule has 2 aromatic heterocycles. The summed E-state index contributed by atoms with van der Waals surface area (Å²) in [6, 6.07) is 61.7.